The smallest absolute Gasteiger partial charge is 0.246 e. The number of benzene rings is 1. The molecule has 0 unspecified atom stereocenters. The van der Waals surface area contributed by atoms with Crippen molar-refractivity contribution in [1.82, 2.24) is 15.0 Å². The van der Waals surface area contributed by atoms with Crippen LogP contribution in [0.2, 0.25) is 0 Å². The summed E-state index contributed by atoms with van der Waals surface area (Å²) < 4.78 is 10.7. The minimum absolute atomic E-state index is 0.0143. The Kier molecular flexibility index (Phi) is 4.39. The van der Waals surface area contributed by atoms with Crippen LogP contribution in [0.15, 0.2) is 63.7 Å². The number of rotatable bonds is 4. The molecule has 2 atom stereocenters. The van der Waals surface area contributed by atoms with Gasteiger partial charge in [0.15, 0.2) is 5.82 Å². The van der Waals surface area contributed by atoms with Crippen molar-refractivity contribution in [3.8, 4) is 0 Å². The molecule has 1 amide bonds. The number of carbonyl (C=O) groups is 1. The van der Waals surface area contributed by atoms with E-state index in [-0.39, 0.29) is 17.7 Å². The molecule has 1 aliphatic rings. The zero-order valence-electron chi connectivity index (χ0n) is 14.4. The second kappa shape index (κ2) is 7.00. The van der Waals surface area contributed by atoms with Crippen LogP contribution >= 0.6 is 0 Å². The molecule has 132 valence electrons. The summed E-state index contributed by atoms with van der Waals surface area (Å²) in [5.41, 5.74) is 1.17. The van der Waals surface area contributed by atoms with Crippen LogP contribution in [0.25, 0.3) is 6.08 Å². The molecule has 0 N–H and O–H groups in total. The molecule has 0 spiro atoms. The average Bonchev–Trinajstić information content (AvgIpc) is 3.40. The largest absolute Gasteiger partial charge is 0.465 e. The molecule has 2 aromatic heterocycles. The van der Waals surface area contributed by atoms with Crippen LogP contribution in [0, 0.1) is 6.92 Å². The van der Waals surface area contributed by atoms with Crippen LogP contribution < -0.4 is 0 Å². The molecule has 3 aromatic rings. The van der Waals surface area contributed by atoms with Crippen molar-refractivity contribution < 1.29 is 13.7 Å². The molecular weight excluding hydrogens is 330 g/mol. The van der Waals surface area contributed by atoms with Gasteiger partial charge in [-0.15, -0.1) is 0 Å². The van der Waals surface area contributed by atoms with Gasteiger partial charge < -0.3 is 13.8 Å². The Morgan fingerprint density at radius 1 is 1.15 bits per heavy atom. The molecule has 0 aliphatic carbocycles. The van der Waals surface area contributed by atoms with Crippen molar-refractivity contribution in [2.24, 2.45) is 0 Å². The number of aromatic nitrogens is 2. The first-order valence-electron chi connectivity index (χ1n) is 8.56. The number of hydrogen-bond acceptors (Lipinski definition) is 5. The summed E-state index contributed by atoms with van der Waals surface area (Å²) >= 11 is 0. The topological polar surface area (TPSA) is 72.4 Å². The normalized spacial score (nSPS) is 20.1. The fourth-order valence-corrected chi connectivity index (χ4v) is 3.38. The van der Waals surface area contributed by atoms with E-state index in [1.54, 1.807) is 31.4 Å². The summed E-state index contributed by atoms with van der Waals surface area (Å²) in [5.74, 6) is 1.90. The fourth-order valence-electron chi connectivity index (χ4n) is 3.38. The van der Waals surface area contributed by atoms with E-state index in [0.717, 1.165) is 0 Å². The first-order chi connectivity index (χ1) is 12.7. The van der Waals surface area contributed by atoms with Crippen molar-refractivity contribution in [1.29, 1.82) is 0 Å². The lowest BCUT2D eigenvalue weighted by Crippen LogP contribution is -2.26. The number of likely N-dealkylation sites (tertiary alicyclic amines) is 1. The number of aryl methyl sites for hydroxylation is 1. The Morgan fingerprint density at radius 3 is 2.65 bits per heavy atom. The fraction of sp³-hybridized carbons (Fsp3) is 0.250. The maximum absolute atomic E-state index is 12.6. The van der Waals surface area contributed by atoms with Crippen LogP contribution in [-0.4, -0.2) is 34.0 Å². The molecule has 1 aliphatic heterocycles. The van der Waals surface area contributed by atoms with Gasteiger partial charge in [0.05, 0.1) is 12.2 Å². The molecular formula is C20H19N3O3. The number of amides is 1. The summed E-state index contributed by atoms with van der Waals surface area (Å²) in [4.78, 5) is 18.9. The van der Waals surface area contributed by atoms with Crippen molar-refractivity contribution in [3.05, 3.63) is 77.8 Å². The molecule has 6 heteroatoms. The van der Waals surface area contributed by atoms with Gasteiger partial charge in [-0.3, -0.25) is 4.79 Å². The Hall–Kier alpha value is -3.15. The molecule has 26 heavy (non-hydrogen) atoms. The van der Waals surface area contributed by atoms with E-state index in [4.69, 9.17) is 8.94 Å². The number of carbonyl (C=O) groups excluding carboxylic acids is 1. The van der Waals surface area contributed by atoms with E-state index in [1.165, 1.54) is 5.56 Å². The van der Waals surface area contributed by atoms with Crippen LogP contribution in [0.3, 0.4) is 0 Å². The molecule has 1 aromatic carbocycles. The van der Waals surface area contributed by atoms with Crippen LogP contribution in [0.1, 0.15) is 34.9 Å². The van der Waals surface area contributed by atoms with Crippen LogP contribution in [0.5, 0.6) is 0 Å². The Bertz CT molecular complexity index is 900. The van der Waals surface area contributed by atoms with Gasteiger partial charge in [-0.05, 0) is 30.7 Å². The lowest BCUT2D eigenvalue weighted by Gasteiger charge is -2.15. The molecule has 0 saturated carbocycles. The summed E-state index contributed by atoms with van der Waals surface area (Å²) in [6.07, 6.45) is 4.81. The monoisotopic (exact) mass is 349 g/mol. The summed E-state index contributed by atoms with van der Waals surface area (Å²) in [6.45, 7) is 2.95. The van der Waals surface area contributed by atoms with E-state index in [2.05, 4.69) is 22.3 Å². The number of hydrogen-bond donors (Lipinski definition) is 0. The minimum Gasteiger partial charge on any atom is -0.465 e. The quantitative estimate of drug-likeness (QED) is 0.675. The van der Waals surface area contributed by atoms with E-state index in [0.29, 0.717) is 30.6 Å². The Labute approximate surface area is 151 Å². The van der Waals surface area contributed by atoms with E-state index >= 15 is 0 Å². The minimum atomic E-state index is -0.0546. The van der Waals surface area contributed by atoms with Gasteiger partial charge in [-0.2, -0.15) is 4.98 Å². The zero-order chi connectivity index (χ0) is 17.9. The zero-order valence-corrected chi connectivity index (χ0v) is 14.4. The molecule has 0 radical (unpaired) electrons. The highest BCUT2D eigenvalue weighted by molar-refractivity contribution is 5.91. The molecule has 6 nitrogen and oxygen atoms in total. The van der Waals surface area contributed by atoms with Gasteiger partial charge in [0.1, 0.15) is 5.76 Å². The van der Waals surface area contributed by atoms with E-state index < -0.39 is 0 Å². The molecule has 0 bridgehead atoms. The second-order valence-electron chi connectivity index (χ2n) is 6.40. The van der Waals surface area contributed by atoms with Gasteiger partial charge in [0.25, 0.3) is 0 Å². The lowest BCUT2D eigenvalue weighted by atomic mass is 9.89. The highest BCUT2D eigenvalue weighted by Crippen LogP contribution is 2.39. The molecule has 1 fully saturated rings. The molecule has 4 rings (SSSR count). The standard InChI is InChI=1S/C20H19N3O3/c1-14-21-20(26-22-14)18-13-23(12-17(18)15-6-3-2-4-7-15)19(24)10-9-16-8-5-11-25-16/h2-11,17-18H,12-13H2,1H3/b10-9+/t17-,18-/m0/s1. The molecule has 3 heterocycles. The number of nitrogens with zero attached hydrogens (tertiary/aromatic N) is 3. The van der Waals surface area contributed by atoms with Gasteiger partial charge in [0.2, 0.25) is 11.8 Å². The first kappa shape index (κ1) is 16.3. The maximum atomic E-state index is 12.6. The summed E-state index contributed by atoms with van der Waals surface area (Å²) in [7, 11) is 0. The van der Waals surface area contributed by atoms with Crippen molar-refractivity contribution >= 4 is 12.0 Å². The predicted molar refractivity (Wildman–Crippen MR) is 95.3 cm³/mol. The third-order valence-electron chi connectivity index (χ3n) is 4.65. The van der Waals surface area contributed by atoms with Crippen molar-refractivity contribution in [2.75, 3.05) is 13.1 Å². The summed E-state index contributed by atoms with van der Waals surface area (Å²) in [6, 6.07) is 13.8. The molecule has 1 saturated heterocycles. The second-order valence-corrected chi connectivity index (χ2v) is 6.40. The van der Waals surface area contributed by atoms with Crippen LogP contribution in [0.4, 0.5) is 0 Å². The van der Waals surface area contributed by atoms with Gasteiger partial charge >= 0.3 is 0 Å². The number of furan rings is 1. The third kappa shape index (κ3) is 3.31. The van der Waals surface area contributed by atoms with E-state index in [9.17, 15) is 4.79 Å². The van der Waals surface area contributed by atoms with Crippen LogP contribution in [-0.2, 0) is 4.79 Å². The van der Waals surface area contributed by atoms with Crippen molar-refractivity contribution in [3.63, 3.8) is 0 Å². The third-order valence-corrected chi connectivity index (χ3v) is 4.65. The Morgan fingerprint density at radius 2 is 1.96 bits per heavy atom. The van der Waals surface area contributed by atoms with Gasteiger partial charge in [0, 0.05) is 25.1 Å². The highest BCUT2D eigenvalue weighted by Gasteiger charge is 2.39. The van der Waals surface area contributed by atoms with E-state index in [1.807, 2.05) is 29.2 Å². The lowest BCUT2D eigenvalue weighted by molar-refractivity contribution is -0.125. The SMILES string of the molecule is Cc1noc([C@H]2CN(C(=O)/C=C/c3ccco3)C[C@H]2c2ccccc2)n1. The Balaban J connectivity index is 1.57. The van der Waals surface area contributed by atoms with Gasteiger partial charge in [-0.25, -0.2) is 0 Å². The average molecular weight is 349 g/mol. The highest BCUT2D eigenvalue weighted by atomic mass is 16.5. The van der Waals surface area contributed by atoms with Gasteiger partial charge in [-0.1, -0.05) is 35.5 Å². The first-order valence-corrected chi connectivity index (χ1v) is 8.56. The van der Waals surface area contributed by atoms with Crippen molar-refractivity contribution in [2.45, 2.75) is 18.8 Å². The summed E-state index contributed by atoms with van der Waals surface area (Å²) in [5, 5.41) is 3.91. The maximum Gasteiger partial charge on any atom is 0.246 e. The predicted octanol–water partition coefficient (Wildman–Crippen LogP) is 3.39.